The number of pyridine rings is 4. The van der Waals surface area contributed by atoms with Gasteiger partial charge in [-0.1, -0.05) is 64.5 Å². The number of carbonyl (C=O) groups excluding carboxylic acids is 6. The molecule has 79 heavy (non-hydrogen) atoms. The molecule has 0 spiro atoms. The largest absolute Gasteiger partial charge is 0.454 e. The average Bonchev–Trinajstić information content (AvgIpc) is 3.45. The van der Waals surface area contributed by atoms with Gasteiger partial charge in [-0.3, -0.25) is 48.7 Å². The van der Waals surface area contributed by atoms with Gasteiger partial charge < -0.3 is 21.3 Å². The second-order valence-corrected chi connectivity index (χ2v) is 19.6. The minimum Gasteiger partial charge on any atom is -0.321 e. The Kier molecular flexibility index (Phi) is 23.8. The molecule has 0 saturated heterocycles. The summed E-state index contributed by atoms with van der Waals surface area (Å²) in [6.07, 6.45) is 12.9. The van der Waals surface area contributed by atoms with Crippen molar-refractivity contribution in [2.24, 2.45) is 5.14 Å². The van der Waals surface area contributed by atoms with Crippen LogP contribution in [0, 0.1) is 0 Å². The van der Waals surface area contributed by atoms with Crippen molar-refractivity contribution in [2.75, 3.05) is 26.4 Å². The summed E-state index contributed by atoms with van der Waals surface area (Å²) in [7, 11) is -3.55. The Bertz CT molecular complexity index is 3520. The van der Waals surface area contributed by atoms with E-state index in [1.165, 1.54) is 42.7 Å². The number of sulfonamides is 1. The number of anilines is 4. The number of hydrogen-bond donors (Lipinski definition) is 5. The van der Waals surface area contributed by atoms with Gasteiger partial charge in [0, 0.05) is 56.4 Å². The molecule has 0 aliphatic heterocycles. The van der Waals surface area contributed by atoms with Crippen molar-refractivity contribution in [1.29, 1.82) is 0 Å². The number of carbonyl (C=O) groups is 6. The van der Waals surface area contributed by atoms with Crippen LogP contribution in [0.25, 0.3) is 12.2 Å². The third-order valence-corrected chi connectivity index (χ3v) is 12.5. The predicted octanol–water partition coefficient (Wildman–Crippen LogP) is 10.8. The van der Waals surface area contributed by atoms with E-state index >= 15 is 0 Å². The van der Waals surface area contributed by atoms with Gasteiger partial charge in [-0.15, -0.1) is 11.8 Å². The van der Waals surface area contributed by atoms with Crippen molar-refractivity contribution in [1.82, 2.24) is 19.9 Å². The lowest BCUT2D eigenvalue weighted by Gasteiger charge is -2.06. The second kappa shape index (κ2) is 31.1. The van der Waals surface area contributed by atoms with Crippen LogP contribution in [0.2, 0.25) is 0 Å². The molecule has 0 fully saturated rings. The maximum atomic E-state index is 12.1. The Morgan fingerprint density at radius 2 is 0.911 bits per heavy atom. The van der Waals surface area contributed by atoms with E-state index in [4.69, 9.17) is 5.14 Å². The minimum atomic E-state index is -4.91. The first kappa shape index (κ1) is 60.6. The number of allylic oxidation sites excluding steroid dienone is 2. The average molecular weight is 1170 g/mol. The van der Waals surface area contributed by atoms with Crippen molar-refractivity contribution < 1.29 is 50.4 Å². The molecular formula is C56H45BrF3N9O8S2. The fourth-order valence-electron chi connectivity index (χ4n) is 6.05. The van der Waals surface area contributed by atoms with Crippen molar-refractivity contribution >= 4 is 108 Å². The Morgan fingerprint density at radius 3 is 1.28 bits per heavy atom. The highest BCUT2D eigenvalue weighted by Crippen LogP contribution is 2.22. The van der Waals surface area contributed by atoms with E-state index in [-0.39, 0.29) is 28.4 Å². The first-order valence-corrected chi connectivity index (χ1v) is 26.3. The molecule has 4 aromatic carbocycles. The van der Waals surface area contributed by atoms with E-state index in [0.29, 0.717) is 62.3 Å². The molecule has 0 unspecified atom stereocenters. The van der Waals surface area contributed by atoms with Gasteiger partial charge in [0.2, 0.25) is 10.0 Å². The Balaban J connectivity index is 0.000000195. The summed E-state index contributed by atoms with van der Waals surface area (Å²) in [5.41, 5.74) is 5.32. The van der Waals surface area contributed by atoms with Crippen LogP contribution < -0.4 is 26.4 Å². The number of primary sulfonamides is 1. The summed E-state index contributed by atoms with van der Waals surface area (Å²) in [6.45, 7) is 0. The third kappa shape index (κ3) is 22.8. The zero-order valence-corrected chi connectivity index (χ0v) is 44.2. The summed E-state index contributed by atoms with van der Waals surface area (Å²) in [5, 5.41) is 15.5. The fraction of sp³-hybridized carbons (Fsp3) is 0.0357. The van der Waals surface area contributed by atoms with Crippen LogP contribution in [0.15, 0.2) is 217 Å². The molecule has 0 aliphatic carbocycles. The molecule has 0 aliphatic rings. The van der Waals surface area contributed by atoms with Gasteiger partial charge in [0.15, 0.2) is 0 Å². The Hall–Kier alpha value is -9.29. The summed E-state index contributed by atoms with van der Waals surface area (Å²) in [5.74, 6) is -3.04. The summed E-state index contributed by atoms with van der Waals surface area (Å²) in [6, 6.07) is 40.6. The normalized spacial score (nSPS) is 10.7. The lowest BCUT2D eigenvalue weighted by molar-refractivity contribution is -0.165. The van der Waals surface area contributed by atoms with Crippen LogP contribution in [0.1, 0.15) is 52.6 Å². The minimum absolute atomic E-state index is 0.144. The molecule has 0 bridgehead atoms. The SMILES string of the molecule is NS(=O)(=O)CSc1cccc(C(=O)Nc2cccnc2)c1.O=C(Nc1cccnc1)c1cccc(/C=C/C(=O)C(F)(F)F)c1.O=C(Nc1cccnc1)c1cccc(Br)c1.O=C/C=C/c1cccc(C(=O)Nc2cccnc2)c1. The number of ketones is 1. The number of thioether (sulfide) groups is 1. The van der Waals surface area contributed by atoms with Gasteiger partial charge >= 0.3 is 6.18 Å². The van der Waals surface area contributed by atoms with Crippen molar-refractivity contribution in [3.63, 3.8) is 0 Å². The fourth-order valence-corrected chi connectivity index (χ4v) is 8.04. The number of aldehydes is 1. The van der Waals surface area contributed by atoms with E-state index in [1.807, 2.05) is 18.2 Å². The van der Waals surface area contributed by atoms with Crippen LogP contribution in [-0.4, -0.2) is 75.3 Å². The number of halogens is 4. The van der Waals surface area contributed by atoms with E-state index < -0.39 is 27.9 Å². The third-order valence-electron chi connectivity index (χ3n) is 9.62. The smallest absolute Gasteiger partial charge is 0.321 e. The van der Waals surface area contributed by atoms with E-state index in [0.717, 1.165) is 27.9 Å². The van der Waals surface area contributed by atoms with Crippen molar-refractivity contribution in [3.05, 3.63) is 245 Å². The highest BCUT2D eigenvalue weighted by Gasteiger charge is 2.36. The second-order valence-electron chi connectivity index (χ2n) is 15.7. The number of rotatable bonds is 15. The van der Waals surface area contributed by atoms with Crippen molar-refractivity contribution in [3.8, 4) is 0 Å². The Labute approximate surface area is 463 Å². The monoisotopic (exact) mass is 1170 g/mol. The van der Waals surface area contributed by atoms with Crippen molar-refractivity contribution in [2.45, 2.75) is 11.1 Å². The summed E-state index contributed by atoms with van der Waals surface area (Å²) >= 11 is 4.38. The number of aromatic nitrogens is 4. The van der Waals surface area contributed by atoms with Gasteiger partial charge in [-0.25, -0.2) is 13.6 Å². The highest BCUT2D eigenvalue weighted by atomic mass is 79.9. The number of nitrogens with zero attached hydrogens (tertiary/aromatic N) is 4. The number of hydrogen-bond acceptors (Lipinski definition) is 13. The molecule has 8 rings (SSSR count). The molecule has 0 atom stereocenters. The number of benzene rings is 4. The lowest BCUT2D eigenvalue weighted by atomic mass is 10.1. The van der Waals surface area contributed by atoms with E-state index in [1.54, 1.807) is 146 Å². The van der Waals surface area contributed by atoms with Gasteiger partial charge in [-0.05, 0) is 132 Å². The molecule has 4 aromatic heterocycles. The molecule has 6 N–H and O–H groups in total. The number of amides is 4. The standard InChI is InChI=1S/C16H11F3N2O2.C15H12N2O2.C13H13N3O3S2.C12H9BrN2O/c17-16(18,19)14(22)7-6-11-3-1-4-12(9-11)15(23)21-13-5-2-8-20-10-13;18-9-3-5-12-4-1-6-13(10-12)15(19)17-14-7-2-8-16-11-14;14-21(18,19)9-20-12-5-1-3-10(7-12)13(17)16-11-4-2-6-15-8-11;13-10-4-1-3-9(7-10)12(16)15-11-5-2-6-14-8-11/h1-10H,(H,21,23);1-11H,(H,17,19);1-8H,9H2,(H,16,17)(H2,14,18,19);1-8H,(H,15,16)/b7-6+;5-3+;;. The summed E-state index contributed by atoms with van der Waals surface area (Å²) < 4.78 is 59.1. The van der Waals surface area contributed by atoms with E-state index in [2.05, 4.69) is 57.1 Å². The molecule has 0 saturated carbocycles. The van der Waals surface area contributed by atoms with Crippen LogP contribution >= 0.6 is 27.7 Å². The topological polar surface area (TPSA) is 262 Å². The summed E-state index contributed by atoms with van der Waals surface area (Å²) in [4.78, 5) is 85.3. The Morgan fingerprint density at radius 1 is 0.532 bits per heavy atom. The molecule has 23 heteroatoms. The zero-order valence-electron chi connectivity index (χ0n) is 41.0. The van der Waals surface area contributed by atoms with Crippen LogP contribution in [-0.2, 0) is 19.6 Å². The number of alkyl halides is 3. The molecule has 17 nitrogen and oxygen atoms in total. The maximum absolute atomic E-state index is 12.1. The van der Waals surface area contributed by atoms with Gasteiger partial charge in [0.1, 0.15) is 11.4 Å². The lowest BCUT2D eigenvalue weighted by Crippen LogP contribution is -2.19. The number of nitrogens with one attached hydrogen (secondary N) is 4. The highest BCUT2D eigenvalue weighted by molar-refractivity contribution is 9.10. The zero-order chi connectivity index (χ0) is 57.0. The first-order chi connectivity index (χ1) is 37.8. The van der Waals surface area contributed by atoms with E-state index in [9.17, 15) is 50.4 Å². The molecule has 0 radical (unpaired) electrons. The molecule has 4 heterocycles. The predicted molar refractivity (Wildman–Crippen MR) is 301 cm³/mol. The van der Waals surface area contributed by atoms with Gasteiger partial charge in [-0.2, -0.15) is 13.2 Å². The van der Waals surface area contributed by atoms with Gasteiger partial charge in [0.25, 0.3) is 29.4 Å². The van der Waals surface area contributed by atoms with Crippen LogP contribution in [0.3, 0.4) is 0 Å². The van der Waals surface area contributed by atoms with Gasteiger partial charge in [0.05, 0.1) is 47.5 Å². The van der Waals surface area contributed by atoms with Crippen LogP contribution in [0.5, 0.6) is 0 Å². The maximum Gasteiger partial charge on any atom is 0.454 e. The quantitative estimate of drug-likeness (QED) is 0.0364. The molecule has 4 amide bonds. The molecule has 8 aromatic rings. The molecule has 402 valence electrons. The molecular weight excluding hydrogens is 1130 g/mol. The number of nitrogens with two attached hydrogens (primary N) is 1. The van der Waals surface area contributed by atoms with Crippen LogP contribution in [0.4, 0.5) is 35.9 Å². The first-order valence-electron chi connectivity index (χ1n) is 22.8.